The molecule has 11 heteroatoms. The second kappa shape index (κ2) is 14.8. The fourth-order valence-electron chi connectivity index (χ4n) is 4.76. The fraction of sp³-hybridized carbons (Fsp3) is 0.212. The molecule has 9 nitrogen and oxygen atoms in total. The number of carbonyl (C=O) groups is 2. The average molecular weight is 636 g/mol. The molecule has 0 saturated carbocycles. The first-order valence-electron chi connectivity index (χ1n) is 13.8. The number of anilines is 1. The Labute approximate surface area is 263 Å². The summed E-state index contributed by atoms with van der Waals surface area (Å²) in [4.78, 5) is 29.1. The number of nitrogens with zero attached hydrogens (tertiary/aromatic N) is 2. The Kier molecular flexibility index (Phi) is 10.9. The fourth-order valence-corrected chi connectivity index (χ4v) is 6.38. The quantitative estimate of drug-likeness (QED) is 0.223. The molecule has 4 rings (SSSR count). The molecule has 230 valence electrons. The van der Waals surface area contributed by atoms with E-state index in [4.69, 9.17) is 21.1 Å². The molecule has 0 saturated heterocycles. The summed E-state index contributed by atoms with van der Waals surface area (Å²) < 4.78 is 40.0. The number of hydrogen-bond acceptors (Lipinski definition) is 6. The number of hydrogen-bond donors (Lipinski definition) is 1. The van der Waals surface area contributed by atoms with Crippen LogP contribution in [0.2, 0.25) is 5.02 Å². The van der Waals surface area contributed by atoms with Crippen LogP contribution in [0.5, 0.6) is 11.5 Å². The number of carbonyl (C=O) groups excluding carboxylic acids is 2. The minimum atomic E-state index is -4.26. The van der Waals surface area contributed by atoms with E-state index in [2.05, 4.69) is 5.32 Å². The van der Waals surface area contributed by atoms with Gasteiger partial charge in [-0.1, -0.05) is 78.3 Å². The van der Waals surface area contributed by atoms with E-state index < -0.39 is 34.4 Å². The van der Waals surface area contributed by atoms with Crippen LogP contribution in [0.15, 0.2) is 108 Å². The number of halogens is 1. The minimum absolute atomic E-state index is 0.00706. The zero-order valence-corrected chi connectivity index (χ0v) is 26.2. The van der Waals surface area contributed by atoms with Crippen molar-refractivity contribution in [2.24, 2.45) is 0 Å². The molecule has 1 N–H and O–H groups in total. The van der Waals surface area contributed by atoms with Crippen LogP contribution >= 0.6 is 11.6 Å². The van der Waals surface area contributed by atoms with E-state index in [1.54, 1.807) is 48.5 Å². The van der Waals surface area contributed by atoms with Crippen LogP contribution in [-0.4, -0.2) is 59.0 Å². The standard InChI is InChI=1S/C33H34ClN3O6S/c1-35-33(39)29(20-24-12-6-4-7-13-24)36(22-25-14-10-11-17-28(25)34)32(38)23-37(44(40,41)27-15-8-5-9-16-27)26-18-19-30(42-2)31(21-26)43-3/h4-19,21,29H,20,22-23H2,1-3H3,(H,35,39)/t29-/m1/s1. The van der Waals surface area contributed by atoms with Crippen molar-refractivity contribution >= 4 is 39.1 Å². The van der Waals surface area contributed by atoms with Gasteiger partial charge in [-0.05, 0) is 41.5 Å². The van der Waals surface area contributed by atoms with Gasteiger partial charge in [0.1, 0.15) is 12.6 Å². The number of ether oxygens (including phenoxy) is 2. The molecule has 0 bridgehead atoms. The van der Waals surface area contributed by atoms with Crippen LogP contribution in [0.4, 0.5) is 5.69 Å². The van der Waals surface area contributed by atoms with E-state index in [1.807, 2.05) is 30.3 Å². The number of nitrogens with one attached hydrogen (secondary N) is 1. The Morgan fingerprint density at radius 3 is 2.07 bits per heavy atom. The average Bonchev–Trinajstić information content (AvgIpc) is 3.06. The largest absolute Gasteiger partial charge is 0.493 e. The molecule has 0 aliphatic rings. The number of sulfonamides is 1. The van der Waals surface area contributed by atoms with Crippen LogP contribution < -0.4 is 19.1 Å². The Morgan fingerprint density at radius 2 is 1.45 bits per heavy atom. The van der Waals surface area contributed by atoms with Gasteiger partial charge in [-0.2, -0.15) is 0 Å². The summed E-state index contributed by atoms with van der Waals surface area (Å²) in [7, 11) is 0.145. The zero-order valence-electron chi connectivity index (χ0n) is 24.6. The van der Waals surface area contributed by atoms with E-state index in [-0.39, 0.29) is 29.3 Å². The van der Waals surface area contributed by atoms with Crippen LogP contribution in [0.25, 0.3) is 0 Å². The van der Waals surface area contributed by atoms with Crippen molar-refractivity contribution < 1.29 is 27.5 Å². The maximum absolute atomic E-state index is 14.4. The maximum atomic E-state index is 14.4. The normalized spacial score (nSPS) is 11.7. The molecule has 0 fully saturated rings. The van der Waals surface area contributed by atoms with Gasteiger partial charge in [0.25, 0.3) is 10.0 Å². The Morgan fingerprint density at radius 1 is 0.841 bits per heavy atom. The number of methoxy groups -OCH3 is 2. The molecule has 0 unspecified atom stereocenters. The van der Waals surface area contributed by atoms with Crippen LogP contribution in [-0.2, 0) is 32.6 Å². The predicted octanol–water partition coefficient (Wildman–Crippen LogP) is 4.94. The minimum Gasteiger partial charge on any atom is -0.493 e. The molecule has 0 aliphatic heterocycles. The van der Waals surface area contributed by atoms with Crippen molar-refractivity contribution in [1.82, 2.24) is 10.2 Å². The van der Waals surface area contributed by atoms with Gasteiger partial charge in [-0.15, -0.1) is 0 Å². The van der Waals surface area contributed by atoms with Crippen molar-refractivity contribution in [3.8, 4) is 11.5 Å². The van der Waals surface area contributed by atoms with Gasteiger partial charge in [-0.3, -0.25) is 13.9 Å². The molecule has 0 aliphatic carbocycles. The topological polar surface area (TPSA) is 105 Å². The summed E-state index contributed by atoms with van der Waals surface area (Å²) in [5.74, 6) is -0.338. The predicted molar refractivity (Wildman–Crippen MR) is 171 cm³/mol. The third-order valence-electron chi connectivity index (χ3n) is 7.08. The van der Waals surface area contributed by atoms with E-state index in [0.29, 0.717) is 16.3 Å². The highest BCUT2D eigenvalue weighted by Gasteiger charge is 2.35. The molecular formula is C33H34ClN3O6S. The van der Waals surface area contributed by atoms with Gasteiger partial charge in [0, 0.05) is 31.1 Å². The molecule has 0 heterocycles. The summed E-state index contributed by atoms with van der Waals surface area (Å²) in [6, 6.07) is 27.7. The highest BCUT2D eigenvalue weighted by atomic mass is 35.5. The lowest BCUT2D eigenvalue weighted by atomic mass is 10.0. The monoisotopic (exact) mass is 635 g/mol. The Hall–Kier alpha value is -4.54. The van der Waals surface area contributed by atoms with Crippen molar-refractivity contribution in [3.05, 3.63) is 119 Å². The van der Waals surface area contributed by atoms with Gasteiger partial charge < -0.3 is 19.7 Å². The summed E-state index contributed by atoms with van der Waals surface area (Å²) in [5, 5.41) is 3.07. The summed E-state index contributed by atoms with van der Waals surface area (Å²) in [6.45, 7) is -0.645. The lowest BCUT2D eigenvalue weighted by Crippen LogP contribution is -2.53. The first-order chi connectivity index (χ1) is 21.2. The van der Waals surface area contributed by atoms with Gasteiger partial charge in [0.15, 0.2) is 11.5 Å². The third kappa shape index (κ3) is 7.50. The zero-order chi connectivity index (χ0) is 31.7. The van der Waals surface area contributed by atoms with Gasteiger partial charge in [-0.25, -0.2) is 8.42 Å². The van der Waals surface area contributed by atoms with Gasteiger partial charge in [0.05, 0.1) is 24.8 Å². The summed E-state index contributed by atoms with van der Waals surface area (Å²) >= 11 is 6.50. The molecular weight excluding hydrogens is 602 g/mol. The molecule has 0 radical (unpaired) electrons. The van der Waals surface area contributed by atoms with E-state index in [1.165, 1.54) is 50.4 Å². The smallest absolute Gasteiger partial charge is 0.264 e. The first kappa shape index (κ1) is 32.4. The second-order valence-corrected chi connectivity index (χ2v) is 12.1. The Bertz CT molecular complexity index is 1690. The van der Waals surface area contributed by atoms with Gasteiger partial charge in [0.2, 0.25) is 11.8 Å². The number of likely N-dealkylation sites (N-methyl/N-ethyl adjacent to an activating group) is 1. The number of benzene rings is 4. The molecule has 1 atom stereocenters. The molecule has 0 aromatic heterocycles. The van der Waals surface area contributed by atoms with Crippen LogP contribution in [0, 0.1) is 0 Å². The highest BCUT2D eigenvalue weighted by Crippen LogP contribution is 2.34. The molecule has 2 amide bonds. The summed E-state index contributed by atoms with van der Waals surface area (Å²) in [6.07, 6.45) is 0.193. The lowest BCUT2D eigenvalue weighted by molar-refractivity contribution is -0.139. The molecule has 44 heavy (non-hydrogen) atoms. The van der Waals surface area contributed by atoms with Crippen molar-refractivity contribution in [2.75, 3.05) is 32.1 Å². The molecule has 4 aromatic carbocycles. The van der Waals surface area contributed by atoms with Crippen molar-refractivity contribution in [2.45, 2.75) is 23.9 Å². The SMILES string of the molecule is CNC(=O)[C@@H](Cc1ccccc1)N(Cc1ccccc1Cl)C(=O)CN(c1ccc(OC)c(OC)c1)S(=O)(=O)c1ccccc1. The van der Waals surface area contributed by atoms with Gasteiger partial charge >= 0.3 is 0 Å². The van der Waals surface area contributed by atoms with Crippen LogP contribution in [0.1, 0.15) is 11.1 Å². The van der Waals surface area contributed by atoms with E-state index in [0.717, 1.165) is 9.87 Å². The van der Waals surface area contributed by atoms with Crippen molar-refractivity contribution in [1.29, 1.82) is 0 Å². The first-order valence-corrected chi connectivity index (χ1v) is 15.6. The molecule has 4 aromatic rings. The number of amides is 2. The number of rotatable bonds is 13. The summed E-state index contributed by atoms with van der Waals surface area (Å²) in [5.41, 5.74) is 1.61. The Balaban J connectivity index is 1.83. The second-order valence-electron chi connectivity index (χ2n) is 9.80. The van der Waals surface area contributed by atoms with E-state index >= 15 is 0 Å². The highest BCUT2D eigenvalue weighted by molar-refractivity contribution is 7.92. The molecule has 0 spiro atoms. The third-order valence-corrected chi connectivity index (χ3v) is 9.24. The van der Waals surface area contributed by atoms with Crippen LogP contribution in [0.3, 0.4) is 0 Å². The maximum Gasteiger partial charge on any atom is 0.264 e. The van der Waals surface area contributed by atoms with Crippen molar-refractivity contribution in [3.63, 3.8) is 0 Å². The van der Waals surface area contributed by atoms with E-state index in [9.17, 15) is 18.0 Å². The lowest BCUT2D eigenvalue weighted by Gasteiger charge is -2.34.